The number of hydrogen-bond donors (Lipinski definition) is 0. The molecule has 3 aromatic rings. The van der Waals surface area contributed by atoms with E-state index in [1.165, 1.54) is 73.9 Å². The van der Waals surface area contributed by atoms with Crippen LogP contribution in [0.1, 0.15) is 29.5 Å². The number of benzene rings is 3. The summed E-state index contributed by atoms with van der Waals surface area (Å²) in [4.78, 5) is 11.3. The zero-order chi connectivity index (χ0) is 29.8. The highest BCUT2D eigenvalue weighted by Gasteiger charge is 2.35. The first-order chi connectivity index (χ1) is 19.4. The van der Waals surface area contributed by atoms with Crippen LogP contribution in [0.5, 0.6) is 11.5 Å². The van der Waals surface area contributed by atoms with Crippen LogP contribution < -0.4 is 13.8 Å². The molecular weight excluding hydrogens is 573 g/mol. The molecule has 0 spiro atoms. The van der Waals surface area contributed by atoms with Crippen LogP contribution in [0, 0.1) is 0 Å². The highest BCUT2D eigenvalue weighted by Crippen LogP contribution is 2.40. The molecule has 1 heterocycles. The molecule has 1 aliphatic rings. The molecular formula is C28H24F5NO6S. The summed E-state index contributed by atoms with van der Waals surface area (Å²) in [5.41, 5.74) is -0.476. The first-order valence-electron chi connectivity index (χ1n) is 12.2. The lowest BCUT2D eigenvalue weighted by molar-refractivity contribution is -0.141. The predicted octanol–water partition coefficient (Wildman–Crippen LogP) is 6.39. The predicted molar refractivity (Wildman–Crippen MR) is 140 cm³/mol. The Labute approximate surface area is 232 Å². The van der Waals surface area contributed by atoms with Crippen molar-refractivity contribution >= 4 is 33.8 Å². The average molecular weight is 598 g/mol. The van der Waals surface area contributed by atoms with Crippen LogP contribution in [0.25, 0.3) is 12.2 Å². The third-order valence-corrected chi connectivity index (χ3v) is 7.93. The van der Waals surface area contributed by atoms with Gasteiger partial charge >= 0.3 is 18.8 Å². The summed E-state index contributed by atoms with van der Waals surface area (Å²) >= 11 is 0. The van der Waals surface area contributed by atoms with Crippen molar-refractivity contribution < 1.29 is 49.4 Å². The lowest BCUT2D eigenvalue weighted by Crippen LogP contribution is -2.43. The number of hydrogen-bond acceptors (Lipinski definition) is 6. The number of sulfonamides is 1. The van der Waals surface area contributed by atoms with E-state index in [2.05, 4.69) is 9.47 Å². The Morgan fingerprint density at radius 1 is 1.07 bits per heavy atom. The van der Waals surface area contributed by atoms with E-state index in [-0.39, 0.29) is 47.0 Å². The molecule has 0 N–H and O–H groups in total. The van der Waals surface area contributed by atoms with Gasteiger partial charge in [0.05, 0.1) is 29.8 Å². The molecule has 0 saturated carbocycles. The summed E-state index contributed by atoms with van der Waals surface area (Å²) in [5, 5.41) is 0. The molecule has 0 aromatic heterocycles. The van der Waals surface area contributed by atoms with Gasteiger partial charge < -0.3 is 14.2 Å². The van der Waals surface area contributed by atoms with Gasteiger partial charge in [0.15, 0.2) is 0 Å². The molecule has 0 amide bonds. The monoisotopic (exact) mass is 597 g/mol. The SMILES string of the molecule is COC(=O)CC[C@H]1CN(S(=O)(=O)c2cccc(OC(F)F)c2)c2cc(/C=C/c3ccccc3C(F)(F)F)ccc2O1. The fourth-order valence-corrected chi connectivity index (χ4v) is 5.75. The van der Waals surface area contributed by atoms with Gasteiger partial charge in [0.2, 0.25) is 0 Å². The van der Waals surface area contributed by atoms with Crippen LogP contribution in [-0.2, 0) is 25.7 Å². The van der Waals surface area contributed by atoms with Crippen LogP contribution in [-0.4, -0.2) is 40.8 Å². The highest BCUT2D eigenvalue weighted by molar-refractivity contribution is 7.92. The zero-order valence-electron chi connectivity index (χ0n) is 21.5. The van der Waals surface area contributed by atoms with Gasteiger partial charge in [0, 0.05) is 12.5 Å². The quantitative estimate of drug-likeness (QED) is 0.162. The van der Waals surface area contributed by atoms with Crippen LogP contribution in [0.15, 0.2) is 71.6 Å². The highest BCUT2D eigenvalue weighted by atomic mass is 32.2. The number of methoxy groups -OCH3 is 1. The number of rotatable bonds is 9. The standard InChI is InChI=1S/C28H24F5NO6S/c1-38-26(35)14-12-21-17-34(41(36,37)22-7-4-6-20(16-22)40-27(29)30)24-15-18(10-13-25(24)39-21)9-11-19-5-2-3-8-23(19)28(31,32)33/h2-11,13,15-16,21,27H,12,14,17H2,1H3/b11-9+/t21-/m0/s1. The van der Waals surface area contributed by atoms with Crippen molar-refractivity contribution in [1.82, 2.24) is 0 Å². The van der Waals surface area contributed by atoms with Crippen LogP contribution in [0.3, 0.4) is 0 Å². The minimum Gasteiger partial charge on any atom is -0.486 e. The van der Waals surface area contributed by atoms with E-state index in [9.17, 15) is 35.2 Å². The molecule has 4 rings (SSSR count). The largest absolute Gasteiger partial charge is 0.486 e. The topological polar surface area (TPSA) is 82.1 Å². The Hall–Kier alpha value is -4.13. The van der Waals surface area contributed by atoms with E-state index in [4.69, 9.17) is 4.74 Å². The molecule has 13 heteroatoms. The van der Waals surface area contributed by atoms with E-state index >= 15 is 0 Å². The van der Waals surface area contributed by atoms with E-state index in [1.54, 1.807) is 0 Å². The Morgan fingerprint density at radius 3 is 2.54 bits per heavy atom. The van der Waals surface area contributed by atoms with Gasteiger partial charge in [-0.05, 0) is 47.9 Å². The van der Waals surface area contributed by atoms with Crippen molar-refractivity contribution in [1.29, 1.82) is 0 Å². The smallest absolute Gasteiger partial charge is 0.416 e. The van der Waals surface area contributed by atoms with E-state index < -0.39 is 40.4 Å². The van der Waals surface area contributed by atoms with Crippen LogP contribution in [0.2, 0.25) is 0 Å². The zero-order valence-corrected chi connectivity index (χ0v) is 22.3. The molecule has 0 fully saturated rings. The van der Waals surface area contributed by atoms with Crippen LogP contribution >= 0.6 is 0 Å². The molecule has 1 atom stereocenters. The minimum absolute atomic E-state index is 0.0540. The summed E-state index contributed by atoms with van der Waals surface area (Å²) < 4.78 is 109. The van der Waals surface area contributed by atoms with E-state index in [1.807, 2.05) is 0 Å². The molecule has 0 aliphatic carbocycles. The second-order valence-corrected chi connectivity index (χ2v) is 10.8. The van der Waals surface area contributed by atoms with Crippen molar-refractivity contribution in [3.8, 4) is 11.5 Å². The average Bonchev–Trinajstić information content (AvgIpc) is 2.93. The van der Waals surface area contributed by atoms with Gasteiger partial charge in [0.25, 0.3) is 10.0 Å². The fourth-order valence-electron chi connectivity index (χ4n) is 4.22. The third-order valence-electron chi connectivity index (χ3n) is 6.15. The van der Waals surface area contributed by atoms with Gasteiger partial charge in [-0.1, -0.05) is 42.5 Å². The maximum Gasteiger partial charge on any atom is 0.416 e. The van der Waals surface area contributed by atoms with Gasteiger partial charge in [0.1, 0.15) is 17.6 Å². The molecule has 0 radical (unpaired) electrons. The minimum atomic E-state index is -4.57. The summed E-state index contributed by atoms with van der Waals surface area (Å²) in [6, 6.07) is 14.0. The number of carbonyl (C=O) groups is 1. The van der Waals surface area contributed by atoms with Crippen molar-refractivity contribution in [3.05, 3.63) is 83.4 Å². The van der Waals surface area contributed by atoms with Gasteiger partial charge in [-0.3, -0.25) is 9.10 Å². The fraction of sp³-hybridized carbons (Fsp3) is 0.250. The maximum atomic E-state index is 13.8. The molecule has 3 aromatic carbocycles. The number of nitrogens with zero attached hydrogens (tertiary/aromatic N) is 1. The summed E-state index contributed by atoms with van der Waals surface area (Å²) in [6.45, 7) is -3.41. The van der Waals surface area contributed by atoms with Crippen molar-refractivity contribution in [2.24, 2.45) is 0 Å². The molecule has 0 unspecified atom stereocenters. The third kappa shape index (κ3) is 7.15. The number of fused-ring (bicyclic) bond motifs is 1. The second kappa shape index (κ2) is 12.2. The number of esters is 1. The van der Waals surface area contributed by atoms with Gasteiger partial charge in [-0.2, -0.15) is 22.0 Å². The van der Waals surface area contributed by atoms with E-state index in [0.717, 1.165) is 16.4 Å². The molecule has 0 bridgehead atoms. The number of carbonyl (C=O) groups excluding carboxylic acids is 1. The second-order valence-electron chi connectivity index (χ2n) is 8.89. The summed E-state index contributed by atoms with van der Waals surface area (Å²) in [6.07, 6.45) is -2.62. The number of halogens is 5. The van der Waals surface area contributed by atoms with E-state index in [0.29, 0.717) is 5.56 Å². The van der Waals surface area contributed by atoms with Crippen LogP contribution in [0.4, 0.5) is 27.6 Å². The molecule has 7 nitrogen and oxygen atoms in total. The lowest BCUT2D eigenvalue weighted by atomic mass is 10.0. The Morgan fingerprint density at radius 2 is 1.83 bits per heavy atom. The lowest BCUT2D eigenvalue weighted by Gasteiger charge is -2.35. The number of anilines is 1. The first kappa shape index (κ1) is 29.8. The van der Waals surface area contributed by atoms with Gasteiger partial charge in [-0.15, -0.1) is 0 Å². The first-order valence-corrected chi connectivity index (χ1v) is 13.6. The number of alkyl halides is 5. The maximum absolute atomic E-state index is 13.8. The molecule has 0 saturated heterocycles. The molecule has 1 aliphatic heterocycles. The van der Waals surface area contributed by atoms with Crippen molar-refractivity contribution in [2.45, 2.75) is 36.6 Å². The van der Waals surface area contributed by atoms with Crippen molar-refractivity contribution in [3.63, 3.8) is 0 Å². The molecule has 218 valence electrons. The Balaban J connectivity index is 1.73. The normalized spacial score (nSPS) is 15.5. The Kier molecular flexibility index (Phi) is 8.86. The molecule has 41 heavy (non-hydrogen) atoms. The number of ether oxygens (including phenoxy) is 3. The van der Waals surface area contributed by atoms with Crippen molar-refractivity contribution in [2.75, 3.05) is 18.0 Å². The Bertz CT molecular complexity index is 1540. The summed E-state index contributed by atoms with van der Waals surface area (Å²) in [7, 11) is -3.17. The summed E-state index contributed by atoms with van der Waals surface area (Å²) in [5.74, 6) is -0.746. The van der Waals surface area contributed by atoms with Gasteiger partial charge in [-0.25, -0.2) is 8.42 Å².